The number of fused-ring (bicyclic) bond motifs is 1. The number of aliphatic hydroxyl groups is 1. The van der Waals surface area contributed by atoms with Crippen LogP contribution in [0.4, 0.5) is 0 Å². The molecule has 1 atom stereocenters. The van der Waals surface area contributed by atoms with E-state index in [1.165, 1.54) is 0 Å². The van der Waals surface area contributed by atoms with Gasteiger partial charge >= 0.3 is 0 Å². The normalized spacial score (nSPS) is 12.0. The van der Waals surface area contributed by atoms with E-state index in [4.69, 9.17) is 20.3 Å². The van der Waals surface area contributed by atoms with Crippen LogP contribution < -0.4 is 20.5 Å². The standard InChI is InChI=1S/C27H35N3O4/c1-4-6-20-7-8-24(25(18-20)33-3)34-14-10-29-19(2)15-21-16-22-9-12-30(11-5-13-31)26(22)23(17-21)27(28)32/h4,7-9,12,16-19,29,31H,1,5-6,10-11,13-15H2,2-3H3,(H2,28,32)/t19-/m1/s1. The smallest absolute Gasteiger partial charge is 0.250 e. The predicted molar refractivity (Wildman–Crippen MR) is 136 cm³/mol. The molecule has 0 aliphatic heterocycles. The van der Waals surface area contributed by atoms with Crippen LogP contribution in [-0.2, 0) is 19.4 Å². The Kier molecular flexibility index (Phi) is 9.13. The molecular weight excluding hydrogens is 430 g/mol. The first-order chi connectivity index (χ1) is 16.5. The molecule has 182 valence electrons. The number of nitrogens with zero attached hydrogens (tertiary/aromatic N) is 1. The van der Waals surface area contributed by atoms with Crippen LogP contribution >= 0.6 is 0 Å². The molecule has 0 saturated carbocycles. The highest BCUT2D eigenvalue weighted by Gasteiger charge is 2.15. The van der Waals surface area contributed by atoms with Crippen molar-refractivity contribution in [3.63, 3.8) is 0 Å². The molecule has 0 fully saturated rings. The molecule has 1 heterocycles. The average Bonchev–Trinajstić information content (AvgIpc) is 3.23. The number of allylic oxidation sites excluding steroid dienone is 1. The van der Waals surface area contributed by atoms with Crippen LogP contribution in [0.1, 0.15) is 34.8 Å². The summed E-state index contributed by atoms with van der Waals surface area (Å²) in [5.74, 6) is 0.982. The van der Waals surface area contributed by atoms with Gasteiger partial charge in [0.15, 0.2) is 11.5 Å². The molecule has 0 saturated heterocycles. The Bertz CT molecular complexity index is 1120. The summed E-state index contributed by atoms with van der Waals surface area (Å²) in [5.41, 5.74) is 9.20. The fraction of sp³-hybridized carbons (Fsp3) is 0.370. The second-order valence-electron chi connectivity index (χ2n) is 8.42. The van der Waals surface area contributed by atoms with Crippen molar-refractivity contribution in [2.45, 2.75) is 38.8 Å². The minimum absolute atomic E-state index is 0.101. The fourth-order valence-electron chi connectivity index (χ4n) is 4.16. The Balaban J connectivity index is 1.58. The molecule has 1 amide bonds. The SMILES string of the molecule is C=CCc1ccc(OCCN[C@H](C)Cc2cc(C(N)=O)c3c(ccn3CCCO)c2)c(OC)c1. The predicted octanol–water partition coefficient (Wildman–Crippen LogP) is 3.46. The van der Waals surface area contributed by atoms with Crippen molar-refractivity contribution in [3.8, 4) is 11.5 Å². The summed E-state index contributed by atoms with van der Waals surface area (Å²) in [6, 6.07) is 12.0. The van der Waals surface area contributed by atoms with E-state index < -0.39 is 5.91 Å². The van der Waals surface area contributed by atoms with Gasteiger partial charge < -0.3 is 30.2 Å². The number of nitrogens with two attached hydrogens (primary N) is 1. The van der Waals surface area contributed by atoms with Crippen LogP contribution in [0.3, 0.4) is 0 Å². The first-order valence-electron chi connectivity index (χ1n) is 11.6. The van der Waals surface area contributed by atoms with Gasteiger partial charge in [0.1, 0.15) is 6.61 Å². The van der Waals surface area contributed by atoms with E-state index in [-0.39, 0.29) is 12.6 Å². The molecule has 0 spiro atoms. The van der Waals surface area contributed by atoms with Crippen LogP contribution in [0.25, 0.3) is 10.9 Å². The summed E-state index contributed by atoms with van der Waals surface area (Å²) >= 11 is 0. The highest BCUT2D eigenvalue weighted by atomic mass is 16.5. The van der Waals surface area contributed by atoms with Crippen LogP contribution in [0, 0.1) is 0 Å². The number of methoxy groups -OCH3 is 1. The lowest BCUT2D eigenvalue weighted by atomic mass is 10.0. The van der Waals surface area contributed by atoms with E-state index in [2.05, 4.69) is 24.9 Å². The first-order valence-corrected chi connectivity index (χ1v) is 11.6. The van der Waals surface area contributed by atoms with Crippen LogP contribution in [0.2, 0.25) is 0 Å². The van der Waals surface area contributed by atoms with E-state index in [0.29, 0.717) is 43.2 Å². The number of aliphatic hydroxyl groups excluding tert-OH is 1. The molecule has 3 rings (SSSR count). The molecular formula is C27H35N3O4. The second kappa shape index (κ2) is 12.3. The van der Waals surface area contributed by atoms with Gasteiger partial charge in [0, 0.05) is 37.3 Å². The molecule has 34 heavy (non-hydrogen) atoms. The molecule has 0 radical (unpaired) electrons. The summed E-state index contributed by atoms with van der Waals surface area (Å²) in [6.07, 6.45) is 5.95. The summed E-state index contributed by atoms with van der Waals surface area (Å²) in [6.45, 7) is 7.78. The molecule has 7 nitrogen and oxygen atoms in total. The minimum atomic E-state index is -0.446. The quantitative estimate of drug-likeness (QED) is 0.250. The molecule has 2 aromatic carbocycles. The molecule has 0 aliphatic carbocycles. The van der Waals surface area contributed by atoms with Gasteiger partial charge in [-0.15, -0.1) is 6.58 Å². The van der Waals surface area contributed by atoms with Crippen molar-refractivity contribution >= 4 is 16.8 Å². The number of hydrogen-bond acceptors (Lipinski definition) is 5. The zero-order valence-electron chi connectivity index (χ0n) is 20.0. The number of rotatable bonds is 14. The van der Waals surface area contributed by atoms with Gasteiger partial charge in [-0.2, -0.15) is 0 Å². The van der Waals surface area contributed by atoms with Gasteiger partial charge in [-0.25, -0.2) is 0 Å². The van der Waals surface area contributed by atoms with Gasteiger partial charge in [-0.3, -0.25) is 4.79 Å². The number of carbonyl (C=O) groups is 1. The maximum atomic E-state index is 12.1. The lowest BCUT2D eigenvalue weighted by Gasteiger charge is -2.16. The van der Waals surface area contributed by atoms with E-state index in [0.717, 1.165) is 34.9 Å². The highest BCUT2D eigenvalue weighted by molar-refractivity contribution is 6.05. The number of aromatic nitrogens is 1. The minimum Gasteiger partial charge on any atom is -0.493 e. The van der Waals surface area contributed by atoms with Gasteiger partial charge in [0.2, 0.25) is 0 Å². The van der Waals surface area contributed by atoms with Crippen molar-refractivity contribution in [1.82, 2.24) is 9.88 Å². The zero-order valence-corrected chi connectivity index (χ0v) is 20.0. The Labute approximate surface area is 201 Å². The highest BCUT2D eigenvalue weighted by Crippen LogP contribution is 2.28. The Morgan fingerprint density at radius 1 is 1.24 bits per heavy atom. The maximum Gasteiger partial charge on any atom is 0.250 e. The monoisotopic (exact) mass is 465 g/mol. The Morgan fingerprint density at radius 2 is 2.06 bits per heavy atom. The summed E-state index contributed by atoms with van der Waals surface area (Å²) in [4.78, 5) is 12.1. The number of hydrogen-bond donors (Lipinski definition) is 3. The van der Waals surface area contributed by atoms with Crippen molar-refractivity contribution in [2.75, 3.05) is 26.9 Å². The Morgan fingerprint density at radius 3 is 2.76 bits per heavy atom. The Hall–Kier alpha value is -3.29. The van der Waals surface area contributed by atoms with Gasteiger partial charge in [-0.1, -0.05) is 12.1 Å². The van der Waals surface area contributed by atoms with E-state index >= 15 is 0 Å². The van der Waals surface area contributed by atoms with Crippen LogP contribution in [0.15, 0.2) is 55.3 Å². The van der Waals surface area contributed by atoms with Gasteiger partial charge in [-0.05, 0) is 67.6 Å². The number of aryl methyl sites for hydroxylation is 1. The number of amides is 1. The van der Waals surface area contributed by atoms with Crippen molar-refractivity contribution in [1.29, 1.82) is 0 Å². The molecule has 7 heteroatoms. The van der Waals surface area contributed by atoms with E-state index in [1.807, 2.05) is 47.2 Å². The third-order valence-electron chi connectivity index (χ3n) is 5.75. The van der Waals surface area contributed by atoms with E-state index in [9.17, 15) is 4.79 Å². The zero-order chi connectivity index (χ0) is 24.5. The van der Waals surface area contributed by atoms with Gasteiger partial charge in [0.05, 0.1) is 18.2 Å². The number of carbonyl (C=O) groups excluding carboxylic acids is 1. The van der Waals surface area contributed by atoms with Crippen LogP contribution in [0.5, 0.6) is 11.5 Å². The molecule has 1 aromatic heterocycles. The lowest BCUT2D eigenvalue weighted by molar-refractivity contribution is 0.100. The van der Waals surface area contributed by atoms with Crippen molar-refractivity contribution in [3.05, 3.63) is 71.9 Å². The molecule has 0 aliphatic rings. The number of benzene rings is 2. The number of nitrogens with one attached hydrogen (secondary N) is 1. The average molecular weight is 466 g/mol. The lowest BCUT2D eigenvalue weighted by Crippen LogP contribution is -2.32. The third kappa shape index (κ3) is 6.40. The second-order valence-corrected chi connectivity index (χ2v) is 8.42. The maximum absolute atomic E-state index is 12.1. The van der Waals surface area contributed by atoms with E-state index in [1.54, 1.807) is 7.11 Å². The fourth-order valence-corrected chi connectivity index (χ4v) is 4.16. The molecule has 4 N–H and O–H groups in total. The largest absolute Gasteiger partial charge is 0.493 e. The number of primary amides is 1. The molecule has 3 aromatic rings. The summed E-state index contributed by atoms with van der Waals surface area (Å²) < 4.78 is 13.3. The summed E-state index contributed by atoms with van der Waals surface area (Å²) in [5, 5.41) is 13.6. The first kappa shape index (κ1) is 25.3. The molecule has 0 bridgehead atoms. The molecule has 0 unspecified atom stereocenters. The van der Waals surface area contributed by atoms with Crippen molar-refractivity contribution in [2.24, 2.45) is 5.73 Å². The van der Waals surface area contributed by atoms with Crippen molar-refractivity contribution < 1.29 is 19.4 Å². The number of ether oxygens (including phenoxy) is 2. The van der Waals surface area contributed by atoms with Crippen LogP contribution in [-0.4, -0.2) is 48.5 Å². The third-order valence-corrected chi connectivity index (χ3v) is 5.75. The summed E-state index contributed by atoms with van der Waals surface area (Å²) in [7, 11) is 1.64. The topological polar surface area (TPSA) is 98.7 Å². The van der Waals surface area contributed by atoms with Gasteiger partial charge in [0.25, 0.3) is 5.91 Å².